The summed E-state index contributed by atoms with van der Waals surface area (Å²) in [6.07, 6.45) is 0. The van der Waals surface area contributed by atoms with E-state index in [4.69, 9.17) is 9.15 Å². The number of hydrogen-bond donors (Lipinski definition) is 0. The van der Waals surface area contributed by atoms with E-state index >= 15 is 0 Å². The third-order valence-corrected chi connectivity index (χ3v) is 6.02. The number of carbonyl (C=O) groups is 1. The zero-order valence-electron chi connectivity index (χ0n) is 17.5. The highest BCUT2D eigenvalue weighted by atomic mass is 16.5. The van der Waals surface area contributed by atoms with Crippen LogP contribution in [0.15, 0.2) is 63.8 Å². The van der Waals surface area contributed by atoms with Gasteiger partial charge in [-0.3, -0.25) is 4.79 Å². The van der Waals surface area contributed by atoms with E-state index in [1.165, 1.54) is 0 Å². The molecule has 7 nitrogen and oxygen atoms in total. The maximum Gasteiger partial charge on any atom is 0.345 e. The Morgan fingerprint density at radius 2 is 1.68 bits per heavy atom. The van der Waals surface area contributed by atoms with Gasteiger partial charge in [-0.15, -0.1) is 0 Å². The van der Waals surface area contributed by atoms with Crippen molar-refractivity contribution in [2.75, 3.05) is 38.2 Å². The monoisotopic (exact) mass is 417 g/mol. The number of aryl methyl sites for hydroxylation is 1. The van der Waals surface area contributed by atoms with Gasteiger partial charge in [0, 0.05) is 44.3 Å². The first kappa shape index (κ1) is 19.2. The molecule has 1 fully saturated rings. The summed E-state index contributed by atoms with van der Waals surface area (Å²) in [5.41, 5.74) is 2.44. The van der Waals surface area contributed by atoms with Crippen molar-refractivity contribution < 1.29 is 13.9 Å². The Kier molecular flexibility index (Phi) is 4.66. The van der Waals surface area contributed by atoms with Gasteiger partial charge in [-0.05, 0) is 42.5 Å². The van der Waals surface area contributed by atoms with Crippen molar-refractivity contribution in [3.8, 4) is 5.75 Å². The van der Waals surface area contributed by atoms with Crippen LogP contribution in [-0.2, 0) is 7.05 Å². The molecule has 5 rings (SSSR count). The van der Waals surface area contributed by atoms with E-state index in [9.17, 15) is 9.59 Å². The molecule has 0 bridgehead atoms. The summed E-state index contributed by atoms with van der Waals surface area (Å²) in [5.74, 6) is 0.752. The van der Waals surface area contributed by atoms with E-state index < -0.39 is 5.63 Å². The fraction of sp³-hybridized carbons (Fsp3) is 0.250. The maximum atomic E-state index is 13.3. The third kappa shape index (κ3) is 3.22. The molecule has 158 valence electrons. The fourth-order valence-corrected chi connectivity index (χ4v) is 4.32. The average molecular weight is 417 g/mol. The van der Waals surface area contributed by atoms with Gasteiger partial charge >= 0.3 is 5.63 Å². The Bertz CT molecular complexity index is 1330. The lowest BCUT2D eigenvalue weighted by Crippen LogP contribution is -2.49. The van der Waals surface area contributed by atoms with Crippen LogP contribution in [0.1, 0.15) is 10.5 Å². The summed E-state index contributed by atoms with van der Waals surface area (Å²) >= 11 is 0. The molecule has 0 saturated carbocycles. The van der Waals surface area contributed by atoms with Gasteiger partial charge < -0.3 is 23.5 Å². The Morgan fingerprint density at radius 3 is 2.39 bits per heavy atom. The molecule has 0 N–H and O–H groups in total. The Balaban J connectivity index is 1.41. The van der Waals surface area contributed by atoms with Crippen molar-refractivity contribution in [2.24, 2.45) is 7.05 Å². The number of amides is 1. The highest BCUT2D eigenvalue weighted by Gasteiger charge is 2.26. The number of hydrogen-bond acceptors (Lipinski definition) is 5. The zero-order valence-corrected chi connectivity index (χ0v) is 17.5. The van der Waals surface area contributed by atoms with Gasteiger partial charge in [0.1, 0.15) is 17.0 Å². The van der Waals surface area contributed by atoms with Crippen LogP contribution < -0.4 is 15.3 Å². The van der Waals surface area contributed by atoms with Crippen LogP contribution in [-0.4, -0.2) is 48.7 Å². The SMILES string of the molecule is COc1ccc(N2CCN(C(=O)c3cc4c(=O)oc5ccccc5c4n3C)CC2)cc1. The molecule has 1 aliphatic rings. The maximum absolute atomic E-state index is 13.3. The van der Waals surface area contributed by atoms with Crippen molar-refractivity contribution in [3.05, 3.63) is 70.7 Å². The van der Waals surface area contributed by atoms with Gasteiger partial charge in [0.2, 0.25) is 0 Å². The first-order chi connectivity index (χ1) is 15.1. The summed E-state index contributed by atoms with van der Waals surface area (Å²) in [6.45, 7) is 2.71. The molecule has 2 aromatic heterocycles. The second kappa shape index (κ2) is 7.50. The molecule has 3 heterocycles. The van der Waals surface area contributed by atoms with Crippen LogP contribution in [0, 0.1) is 0 Å². The quantitative estimate of drug-likeness (QED) is 0.479. The van der Waals surface area contributed by atoms with Crippen LogP contribution in [0.3, 0.4) is 0 Å². The van der Waals surface area contributed by atoms with E-state index in [1.807, 2.05) is 59.0 Å². The number of aromatic nitrogens is 1. The second-order valence-electron chi connectivity index (χ2n) is 7.71. The van der Waals surface area contributed by atoms with Crippen LogP contribution in [0.25, 0.3) is 21.9 Å². The lowest BCUT2D eigenvalue weighted by molar-refractivity contribution is 0.0737. The van der Waals surface area contributed by atoms with Gasteiger partial charge in [0.05, 0.1) is 18.0 Å². The molecule has 0 unspecified atom stereocenters. The average Bonchev–Trinajstić information content (AvgIpc) is 3.17. The number of ether oxygens (including phenoxy) is 1. The summed E-state index contributed by atoms with van der Waals surface area (Å²) < 4.78 is 12.5. The highest BCUT2D eigenvalue weighted by molar-refractivity contribution is 6.07. The number of carbonyl (C=O) groups excluding carboxylic acids is 1. The third-order valence-electron chi connectivity index (χ3n) is 6.02. The summed E-state index contributed by atoms with van der Waals surface area (Å²) in [5, 5.41) is 1.25. The van der Waals surface area contributed by atoms with E-state index in [2.05, 4.69) is 4.90 Å². The molecule has 0 aliphatic carbocycles. The summed E-state index contributed by atoms with van der Waals surface area (Å²) in [6, 6.07) is 17.0. The number of rotatable bonds is 3. The predicted molar refractivity (Wildman–Crippen MR) is 120 cm³/mol. The first-order valence-corrected chi connectivity index (χ1v) is 10.3. The predicted octanol–water partition coefficient (Wildman–Crippen LogP) is 3.26. The zero-order chi connectivity index (χ0) is 21.5. The number of methoxy groups -OCH3 is 1. The van der Waals surface area contributed by atoms with E-state index in [0.717, 1.165) is 35.4 Å². The largest absolute Gasteiger partial charge is 0.497 e. The van der Waals surface area contributed by atoms with Crippen molar-refractivity contribution in [3.63, 3.8) is 0 Å². The molecule has 31 heavy (non-hydrogen) atoms. The van der Waals surface area contributed by atoms with E-state index in [-0.39, 0.29) is 5.91 Å². The van der Waals surface area contributed by atoms with Gasteiger partial charge in [0.15, 0.2) is 0 Å². The fourth-order valence-electron chi connectivity index (χ4n) is 4.32. The molecule has 2 aromatic carbocycles. The lowest BCUT2D eigenvalue weighted by Gasteiger charge is -2.36. The number of benzene rings is 2. The number of fused-ring (bicyclic) bond motifs is 3. The second-order valence-corrected chi connectivity index (χ2v) is 7.71. The topological polar surface area (TPSA) is 67.9 Å². The first-order valence-electron chi connectivity index (χ1n) is 10.3. The lowest BCUT2D eigenvalue weighted by atomic mass is 10.2. The minimum Gasteiger partial charge on any atom is -0.497 e. The Labute approximate surface area is 179 Å². The smallest absolute Gasteiger partial charge is 0.345 e. The van der Waals surface area contributed by atoms with Crippen molar-refractivity contribution in [1.29, 1.82) is 0 Å². The summed E-state index contributed by atoms with van der Waals surface area (Å²) in [4.78, 5) is 29.9. The molecule has 1 aliphatic heterocycles. The van der Waals surface area contributed by atoms with Crippen LogP contribution in [0.5, 0.6) is 5.75 Å². The van der Waals surface area contributed by atoms with Crippen LogP contribution in [0.4, 0.5) is 5.69 Å². The van der Waals surface area contributed by atoms with Gasteiger partial charge in [0.25, 0.3) is 5.91 Å². The molecular formula is C24H23N3O4. The number of para-hydroxylation sites is 1. The Hall–Kier alpha value is -3.74. The van der Waals surface area contributed by atoms with Gasteiger partial charge in [-0.25, -0.2) is 4.79 Å². The molecule has 0 spiro atoms. The Morgan fingerprint density at radius 1 is 0.968 bits per heavy atom. The van der Waals surface area contributed by atoms with Crippen LogP contribution in [0.2, 0.25) is 0 Å². The number of piperazine rings is 1. The van der Waals surface area contributed by atoms with Gasteiger partial charge in [-0.1, -0.05) is 12.1 Å². The van der Waals surface area contributed by atoms with Gasteiger partial charge in [-0.2, -0.15) is 0 Å². The van der Waals surface area contributed by atoms with Crippen molar-refractivity contribution in [1.82, 2.24) is 9.47 Å². The van der Waals surface area contributed by atoms with Crippen LogP contribution >= 0.6 is 0 Å². The highest BCUT2D eigenvalue weighted by Crippen LogP contribution is 2.26. The van der Waals surface area contributed by atoms with Crippen molar-refractivity contribution >= 4 is 33.5 Å². The number of nitrogens with zero attached hydrogens (tertiary/aromatic N) is 3. The summed E-state index contributed by atoms with van der Waals surface area (Å²) in [7, 11) is 3.48. The normalized spacial score (nSPS) is 14.4. The van der Waals surface area contributed by atoms with Crippen molar-refractivity contribution in [2.45, 2.75) is 0 Å². The molecule has 0 atom stereocenters. The molecule has 1 amide bonds. The molecule has 1 saturated heterocycles. The van der Waals surface area contributed by atoms with E-state index in [1.54, 1.807) is 19.2 Å². The molecule has 0 radical (unpaired) electrons. The molecule has 4 aromatic rings. The molecular weight excluding hydrogens is 394 g/mol. The minimum absolute atomic E-state index is 0.0726. The molecule has 7 heteroatoms. The van der Waals surface area contributed by atoms with E-state index in [0.29, 0.717) is 29.8 Å². The standard InChI is InChI=1S/C24H23N3O4/c1-25-20(15-19-22(25)18-5-3-4-6-21(18)31-24(19)29)23(28)27-13-11-26(12-14-27)16-7-9-17(30-2)10-8-16/h3-10,15H,11-14H2,1-2H3. The minimum atomic E-state index is -0.423. The number of anilines is 1.